The topological polar surface area (TPSA) is 95.6 Å². The van der Waals surface area contributed by atoms with Crippen LogP contribution in [0.5, 0.6) is 5.75 Å². The first-order chi connectivity index (χ1) is 16.8. The van der Waals surface area contributed by atoms with Crippen LogP contribution < -0.4 is 10.1 Å². The van der Waals surface area contributed by atoms with Gasteiger partial charge in [0.15, 0.2) is 11.6 Å². The molecule has 0 atom stereocenters. The number of anilines is 1. The summed E-state index contributed by atoms with van der Waals surface area (Å²) in [4.78, 5) is 24.1. The number of carbonyl (C=O) groups excluding carboxylic acids is 2. The zero-order valence-corrected chi connectivity index (χ0v) is 20.4. The van der Waals surface area contributed by atoms with Crippen LogP contribution >= 0.6 is 23.2 Å². The summed E-state index contributed by atoms with van der Waals surface area (Å²) in [5, 5.41) is 8.25. The molecule has 1 amide bonds. The lowest BCUT2D eigenvalue weighted by atomic mass is 10.2. The smallest absolute Gasteiger partial charge is 0.337 e. The quantitative estimate of drug-likeness (QED) is 0.301. The Kier molecular flexibility index (Phi) is 7.43. The van der Waals surface area contributed by atoms with Crippen molar-refractivity contribution in [2.75, 3.05) is 12.4 Å². The number of aromatic nitrogens is 2. The third-order valence-electron chi connectivity index (χ3n) is 5.13. The number of ether oxygens (including phenoxy) is 2. The van der Waals surface area contributed by atoms with Crippen molar-refractivity contribution in [1.82, 2.24) is 9.78 Å². The summed E-state index contributed by atoms with van der Waals surface area (Å²) in [5.74, 6) is 0.619. The minimum absolute atomic E-state index is 0.108. The molecular formula is C25H21Cl2N3O5. The summed E-state index contributed by atoms with van der Waals surface area (Å²) in [6.07, 6.45) is 0. The van der Waals surface area contributed by atoms with Crippen LogP contribution in [-0.4, -0.2) is 28.8 Å². The van der Waals surface area contributed by atoms with Crippen molar-refractivity contribution in [2.45, 2.75) is 20.1 Å². The fraction of sp³-hybridized carbons (Fsp3) is 0.160. The summed E-state index contributed by atoms with van der Waals surface area (Å²) in [6.45, 7) is 2.34. The first kappa shape index (κ1) is 24.4. The lowest BCUT2D eigenvalue weighted by molar-refractivity contribution is 0.0600. The largest absolute Gasteiger partial charge is 0.486 e. The Bertz CT molecular complexity index is 1340. The molecule has 4 aromatic rings. The van der Waals surface area contributed by atoms with Gasteiger partial charge in [-0.1, -0.05) is 29.3 Å². The maximum Gasteiger partial charge on any atom is 0.337 e. The molecular weight excluding hydrogens is 493 g/mol. The highest BCUT2D eigenvalue weighted by Crippen LogP contribution is 2.26. The van der Waals surface area contributed by atoms with Gasteiger partial charge < -0.3 is 19.2 Å². The van der Waals surface area contributed by atoms with Gasteiger partial charge in [-0.15, -0.1) is 0 Å². The first-order valence-corrected chi connectivity index (χ1v) is 11.3. The van der Waals surface area contributed by atoms with Crippen LogP contribution in [0.4, 0.5) is 5.82 Å². The highest BCUT2D eigenvalue weighted by atomic mass is 35.5. The average molecular weight is 514 g/mol. The zero-order valence-electron chi connectivity index (χ0n) is 18.9. The van der Waals surface area contributed by atoms with E-state index in [1.54, 1.807) is 65.3 Å². The predicted molar refractivity (Wildman–Crippen MR) is 131 cm³/mol. The van der Waals surface area contributed by atoms with Crippen LogP contribution in [0, 0.1) is 6.92 Å². The maximum absolute atomic E-state index is 12.6. The van der Waals surface area contributed by atoms with Crippen molar-refractivity contribution >= 4 is 40.9 Å². The van der Waals surface area contributed by atoms with E-state index in [0.29, 0.717) is 39.5 Å². The molecule has 180 valence electrons. The monoisotopic (exact) mass is 513 g/mol. The lowest BCUT2D eigenvalue weighted by Crippen LogP contribution is -2.12. The Morgan fingerprint density at radius 1 is 1.06 bits per heavy atom. The minimum Gasteiger partial charge on any atom is -0.486 e. The molecule has 0 radical (unpaired) electrons. The molecule has 0 saturated heterocycles. The third-order valence-corrected chi connectivity index (χ3v) is 5.84. The molecule has 1 N–H and O–H groups in total. The molecule has 0 bridgehead atoms. The summed E-state index contributed by atoms with van der Waals surface area (Å²) < 4.78 is 17.6. The van der Waals surface area contributed by atoms with Crippen molar-refractivity contribution in [3.05, 3.63) is 99.1 Å². The third kappa shape index (κ3) is 5.85. The number of nitrogens with zero attached hydrogens (tertiary/aromatic N) is 2. The molecule has 4 rings (SSSR count). The molecule has 0 spiro atoms. The van der Waals surface area contributed by atoms with E-state index in [2.05, 4.69) is 15.2 Å². The number of esters is 1. The normalized spacial score (nSPS) is 10.7. The Labute approximate surface area is 211 Å². The van der Waals surface area contributed by atoms with Crippen molar-refractivity contribution < 1.29 is 23.5 Å². The SMILES string of the molecule is COC(=O)c1ccc(OCc2ccc(C(=O)Nc3cc(C)n(Cc4c(Cl)cccc4Cl)n3)o2)cc1. The first-order valence-electron chi connectivity index (χ1n) is 10.5. The van der Waals surface area contributed by atoms with Crippen LogP contribution in [-0.2, 0) is 17.9 Å². The van der Waals surface area contributed by atoms with Crippen molar-refractivity contribution in [2.24, 2.45) is 0 Å². The fourth-order valence-electron chi connectivity index (χ4n) is 3.28. The van der Waals surface area contributed by atoms with Gasteiger partial charge >= 0.3 is 5.97 Å². The molecule has 0 saturated carbocycles. The van der Waals surface area contributed by atoms with Gasteiger partial charge in [-0.25, -0.2) is 4.79 Å². The van der Waals surface area contributed by atoms with Gasteiger partial charge in [-0.2, -0.15) is 5.10 Å². The second kappa shape index (κ2) is 10.7. The van der Waals surface area contributed by atoms with Gasteiger partial charge in [-0.05, 0) is 55.5 Å². The van der Waals surface area contributed by atoms with Gasteiger partial charge in [0.05, 0.1) is 19.2 Å². The van der Waals surface area contributed by atoms with Crippen LogP contribution in [0.1, 0.15) is 37.9 Å². The minimum atomic E-state index is -0.445. The molecule has 0 unspecified atom stereocenters. The zero-order chi connectivity index (χ0) is 24.9. The number of halogens is 2. The van der Waals surface area contributed by atoms with E-state index in [4.69, 9.17) is 32.4 Å². The maximum atomic E-state index is 12.6. The molecule has 10 heteroatoms. The van der Waals surface area contributed by atoms with Gasteiger partial charge in [0.2, 0.25) is 0 Å². The number of amides is 1. The Hall–Kier alpha value is -3.75. The van der Waals surface area contributed by atoms with Crippen LogP contribution in [0.3, 0.4) is 0 Å². The highest BCUT2D eigenvalue weighted by Gasteiger charge is 2.16. The van der Waals surface area contributed by atoms with Crippen molar-refractivity contribution in [3.8, 4) is 5.75 Å². The molecule has 0 aliphatic heterocycles. The molecule has 8 nitrogen and oxygen atoms in total. The number of rotatable bonds is 8. The summed E-state index contributed by atoms with van der Waals surface area (Å²) >= 11 is 12.5. The number of benzene rings is 2. The molecule has 35 heavy (non-hydrogen) atoms. The van der Waals surface area contributed by atoms with Gasteiger partial charge in [0, 0.05) is 27.4 Å². The second-order valence-corrected chi connectivity index (χ2v) is 8.37. The van der Waals surface area contributed by atoms with Crippen molar-refractivity contribution in [3.63, 3.8) is 0 Å². The Balaban J connectivity index is 1.36. The van der Waals surface area contributed by atoms with Gasteiger partial charge in [0.25, 0.3) is 5.91 Å². The van der Waals surface area contributed by atoms with E-state index in [9.17, 15) is 9.59 Å². The lowest BCUT2D eigenvalue weighted by Gasteiger charge is -2.08. The summed E-state index contributed by atoms with van der Waals surface area (Å²) in [5.41, 5.74) is 1.99. The van der Waals surface area contributed by atoms with Gasteiger partial charge in [-0.3, -0.25) is 9.48 Å². The molecule has 0 aliphatic rings. The molecule has 0 aliphatic carbocycles. The predicted octanol–water partition coefficient (Wildman–Crippen LogP) is 5.76. The second-order valence-electron chi connectivity index (χ2n) is 7.55. The number of carbonyl (C=O) groups is 2. The molecule has 2 aromatic heterocycles. The van der Waals surface area contributed by atoms with E-state index < -0.39 is 11.9 Å². The van der Waals surface area contributed by atoms with Crippen LogP contribution in [0.25, 0.3) is 0 Å². The number of hydrogen-bond acceptors (Lipinski definition) is 6. The van der Waals surface area contributed by atoms with Crippen LogP contribution in [0.15, 0.2) is 65.1 Å². The van der Waals surface area contributed by atoms with E-state index in [1.165, 1.54) is 7.11 Å². The standard InChI is InChI=1S/C25H21Cl2N3O5/c1-15-12-23(29-30(15)13-19-20(26)4-3-5-21(19)27)28-24(31)22-11-10-18(35-22)14-34-17-8-6-16(7-9-17)25(32)33-2/h3-12H,13-14H2,1-2H3,(H,28,29,31). The van der Waals surface area contributed by atoms with E-state index in [0.717, 1.165) is 11.3 Å². The summed E-state index contributed by atoms with van der Waals surface area (Å²) in [7, 11) is 1.32. The number of aryl methyl sites for hydroxylation is 1. The van der Waals surface area contributed by atoms with Crippen LogP contribution in [0.2, 0.25) is 10.0 Å². The molecule has 2 heterocycles. The fourth-order valence-corrected chi connectivity index (χ4v) is 3.80. The number of methoxy groups -OCH3 is 1. The summed E-state index contributed by atoms with van der Waals surface area (Å²) in [6, 6.07) is 16.8. The Morgan fingerprint density at radius 3 is 2.46 bits per heavy atom. The van der Waals surface area contributed by atoms with Crippen molar-refractivity contribution in [1.29, 1.82) is 0 Å². The van der Waals surface area contributed by atoms with Gasteiger partial charge in [0.1, 0.15) is 18.1 Å². The van der Waals surface area contributed by atoms with E-state index in [1.807, 2.05) is 6.92 Å². The highest BCUT2D eigenvalue weighted by molar-refractivity contribution is 6.36. The van der Waals surface area contributed by atoms with E-state index in [-0.39, 0.29) is 12.4 Å². The average Bonchev–Trinajstić information content (AvgIpc) is 3.46. The number of furan rings is 1. The molecule has 0 fully saturated rings. The Morgan fingerprint density at radius 2 is 1.77 bits per heavy atom. The number of nitrogens with one attached hydrogen (secondary N) is 1. The number of hydrogen-bond donors (Lipinski definition) is 1. The molecule has 2 aromatic carbocycles. The van der Waals surface area contributed by atoms with E-state index >= 15 is 0 Å².